The summed E-state index contributed by atoms with van der Waals surface area (Å²) in [6, 6.07) is 13.5. The molecule has 0 fully saturated rings. The van der Waals surface area contributed by atoms with Crippen molar-refractivity contribution in [3.63, 3.8) is 0 Å². The zero-order valence-electron chi connectivity index (χ0n) is 13.6. The molecule has 0 atom stereocenters. The zero-order valence-corrected chi connectivity index (χ0v) is 17.9. The molecule has 0 spiro atoms. The fraction of sp³-hybridized carbons (Fsp3) is 0.0500. The molecule has 0 radical (unpaired) electrons. The second-order valence-electron chi connectivity index (χ2n) is 6.06. The van der Waals surface area contributed by atoms with E-state index in [0.717, 1.165) is 11.1 Å². The summed E-state index contributed by atoms with van der Waals surface area (Å²) in [6.45, 7) is 0. The highest BCUT2D eigenvalue weighted by Gasteiger charge is 2.34. The maximum atomic E-state index is 11.8. The largest absolute Gasteiger partial charge is 0.507 e. The molecule has 136 valence electrons. The Morgan fingerprint density at radius 1 is 0.815 bits per heavy atom. The van der Waals surface area contributed by atoms with E-state index in [-0.39, 0.29) is 17.1 Å². The van der Waals surface area contributed by atoms with E-state index < -0.39 is 11.9 Å². The molecule has 1 aliphatic heterocycles. The first-order valence-corrected chi connectivity index (χ1v) is 10.1. The van der Waals surface area contributed by atoms with E-state index in [4.69, 9.17) is 4.74 Å². The van der Waals surface area contributed by atoms with Gasteiger partial charge in [-0.1, -0.05) is 30.3 Å². The van der Waals surface area contributed by atoms with Crippen LogP contribution in [0.15, 0.2) is 48.5 Å². The van der Waals surface area contributed by atoms with Crippen molar-refractivity contribution >= 4 is 51.2 Å². The lowest BCUT2D eigenvalue weighted by Gasteiger charge is -2.31. The number of ether oxygens (including phenoxy) is 1. The van der Waals surface area contributed by atoms with Crippen molar-refractivity contribution in [2.45, 2.75) is 5.92 Å². The fourth-order valence-electron chi connectivity index (χ4n) is 3.33. The van der Waals surface area contributed by atoms with Crippen molar-refractivity contribution in [3.8, 4) is 23.0 Å². The van der Waals surface area contributed by atoms with Crippen LogP contribution in [-0.2, 0) is 0 Å². The van der Waals surface area contributed by atoms with Crippen LogP contribution in [0, 0.1) is 7.14 Å². The third-order valence-electron chi connectivity index (χ3n) is 4.54. The molecule has 0 aliphatic carbocycles. The first-order valence-electron chi connectivity index (χ1n) is 7.93. The Hall–Kier alpha value is -2.01. The summed E-state index contributed by atoms with van der Waals surface area (Å²) in [5.41, 5.74) is 2.35. The third-order valence-corrected chi connectivity index (χ3v) is 6.63. The molecule has 0 saturated heterocycles. The van der Waals surface area contributed by atoms with Crippen molar-refractivity contribution in [2.24, 2.45) is 0 Å². The standard InChI is InChI=1S/C20H12I2O5/c21-16-13(23)7-5-11-15(9-3-1-2-4-10(9)20(25)26)12-6-8-14(24)17(22)19(12)27-18(11)16/h1-8,15,23-24H,(H,25,26). The topological polar surface area (TPSA) is 87.0 Å². The maximum absolute atomic E-state index is 11.8. The van der Waals surface area contributed by atoms with Gasteiger partial charge >= 0.3 is 5.97 Å². The predicted molar refractivity (Wildman–Crippen MR) is 116 cm³/mol. The van der Waals surface area contributed by atoms with E-state index in [1.807, 2.05) is 45.2 Å². The van der Waals surface area contributed by atoms with Gasteiger partial charge in [0.1, 0.15) is 23.0 Å². The summed E-state index contributed by atoms with van der Waals surface area (Å²) >= 11 is 4.00. The highest BCUT2D eigenvalue weighted by atomic mass is 127. The van der Waals surface area contributed by atoms with Crippen molar-refractivity contribution in [1.29, 1.82) is 0 Å². The van der Waals surface area contributed by atoms with E-state index in [1.54, 1.807) is 48.5 Å². The van der Waals surface area contributed by atoms with Gasteiger partial charge in [0.25, 0.3) is 0 Å². The van der Waals surface area contributed by atoms with Gasteiger partial charge < -0.3 is 20.1 Å². The molecule has 27 heavy (non-hydrogen) atoms. The molecule has 0 aromatic heterocycles. The van der Waals surface area contributed by atoms with Gasteiger partial charge in [0.05, 0.1) is 12.7 Å². The highest BCUT2D eigenvalue weighted by Crippen LogP contribution is 2.53. The SMILES string of the molecule is O=C(O)c1ccccc1C1c2ccc(O)c(I)c2Oc2c1ccc(O)c2I. The number of halogens is 2. The van der Waals surface area contributed by atoms with Crippen LogP contribution in [0.3, 0.4) is 0 Å². The molecule has 0 amide bonds. The number of benzene rings is 3. The zero-order chi connectivity index (χ0) is 19.3. The lowest BCUT2D eigenvalue weighted by molar-refractivity contribution is 0.0695. The number of carbonyl (C=O) groups is 1. The third kappa shape index (κ3) is 2.92. The minimum atomic E-state index is -1.01. The van der Waals surface area contributed by atoms with Gasteiger partial charge in [0.15, 0.2) is 0 Å². The van der Waals surface area contributed by atoms with E-state index in [9.17, 15) is 20.1 Å². The average molecular weight is 586 g/mol. The Bertz CT molecular complexity index is 1040. The van der Waals surface area contributed by atoms with Gasteiger partial charge in [-0.2, -0.15) is 0 Å². The number of fused-ring (bicyclic) bond motifs is 2. The van der Waals surface area contributed by atoms with Crippen LogP contribution in [0.1, 0.15) is 33.0 Å². The molecule has 1 heterocycles. The molecule has 5 nitrogen and oxygen atoms in total. The van der Waals surface area contributed by atoms with Crippen molar-refractivity contribution in [3.05, 3.63) is 77.9 Å². The monoisotopic (exact) mass is 586 g/mol. The average Bonchev–Trinajstić information content (AvgIpc) is 2.66. The van der Waals surface area contributed by atoms with E-state index >= 15 is 0 Å². The maximum Gasteiger partial charge on any atom is 0.335 e. The molecular weight excluding hydrogens is 574 g/mol. The van der Waals surface area contributed by atoms with Crippen LogP contribution in [-0.4, -0.2) is 21.3 Å². The summed E-state index contributed by atoms with van der Waals surface area (Å²) in [4.78, 5) is 11.8. The van der Waals surface area contributed by atoms with Gasteiger partial charge in [0, 0.05) is 17.0 Å². The van der Waals surface area contributed by atoms with Crippen molar-refractivity contribution < 1.29 is 24.9 Å². The van der Waals surface area contributed by atoms with Crippen LogP contribution in [0.2, 0.25) is 0 Å². The molecule has 0 bridgehead atoms. The quantitative estimate of drug-likeness (QED) is 0.278. The van der Waals surface area contributed by atoms with E-state index in [1.165, 1.54) is 0 Å². The number of carboxylic acid groups (broad SMARTS) is 1. The van der Waals surface area contributed by atoms with Crippen molar-refractivity contribution in [1.82, 2.24) is 0 Å². The molecule has 0 unspecified atom stereocenters. The summed E-state index contributed by atoms with van der Waals surface area (Å²) in [5, 5.41) is 29.9. The smallest absolute Gasteiger partial charge is 0.335 e. The Kier molecular flexibility index (Phi) is 4.66. The van der Waals surface area contributed by atoms with Gasteiger partial charge in [-0.3, -0.25) is 0 Å². The number of hydrogen-bond acceptors (Lipinski definition) is 4. The minimum Gasteiger partial charge on any atom is -0.507 e. The van der Waals surface area contributed by atoms with E-state index in [0.29, 0.717) is 24.2 Å². The molecule has 7 heteroatoms. The second-order valence-corrected chi connectivity index (χ2v) is 8.22. The van der Waals surface area contributed by atoms with Gasteiger partial charge in [-0.05, 0) is 68.9 Å². The summed E-state index contributed by atoms with van der Waals surface area (Å²) in [7, 11) is 0. The summed E-state index contributed by atoms with van der Waals surface area (Å²) < 4.78 is 7.14. The normalized spacial score (nSPS) is 12.8. The molecule has 3 aromatic rings. The second kappa shape index (κ2) is 6.86. The Morgan fingerprint density at radius 2 is 1.33 bits per heavy atom. The van der Waals surface area contributed by atoms with Crippen LogP contribution < -0.4 is 4.74 Å². The molecule has 1 aliphatic rings. The van der Waals surface area contributed by atoms with Crippen molar-refractivity contribution in [2.75, 3.05) is 0 Å². The molecule has 3 N–H and O–H groups in total. The Labute approximate surface area is 181 Å². The van der Waals surface area contributed by atoms with Gasteiger partial charge in [0.2, 0.25) is 0 Å². The number of carboxylic acids is 1. The molecule has 3 aromatic carbocycles. The van der Waals surface area contributed by atoms with Crippen LogP contribution in [0.5, 0.6) is 23.0 Å². The number of aromatic hydroxyl groups is 2. The number of aromatic carboxylic acids is 1. The number of phenols is 2. The van der Waals surface area contributed by atoms with E-state index in [2.05, 4.69) is 0 Å². The fourth-order valence-corrected chi connectivity index (χ4v) is 4.53. The number of phenolic OH excluding ortho intramolecular Hbond substituents is 2. The van der Waals surface area contributed by atoms with Gasteiger partial charge in [-0.15, -0.1) is 0 Å². The molecule has 0 saturated carbocycles. The minimum absolute atomic E-state index is 0.0817. The number of hydrogen-bond donors (Lipinski definition) is 3. The Morgan fingerprint density at radius 3 is 1.85 bits per heavy atom. The highest BCUT2D eigenvalue weighted by molar-refractivity contribution is 14.1. The lowest BCUT2D eigenvalue weighted by Crippen LogP contribution is -2.16. The first-order chi connectivity index (χ1) is 12.9. The molecular formula is C20H12I2O5. The van der Waals surface area contributed by atoms with Crippen LogP contribution >= 0.6 is 45.2 Å². The lowest BCUT2D eigenvalue weighted by atomic mass is 9.80. The first kappa shape index (κ1) is 18.4. The van der Waals surface area contributed by atoms with Crippen LogP contribution in [0.25, 0.3) is 0 Å². The number of rotatable bonds is 2. The summed E-state index contributed by atoms with van der Waals surface area (Å²) in [6.07, 6.45) is 0. The molecule has 4 rings (SSSR count). The Balaban J connectivity index is 2.08. The van der Waals surface area contributed by atoms with Gasteiger partial charge in [-0.25, -0.2) is 4.79 Å². The van der Waals surface area contributed by atoms with Crippen LogP contribution in [0.4, 0.5) is 0 Å². The summed E-state index contributed by atoms with van der Waals surface area (Å²) in [5.74, 6) is -0.313. The predicted octanol–water partition coefficient (Wildman–Crippen LogP) is 5.29.